The van der Waals surface area contributed by atoms with E-state index in [2.05, 4.69) is 42.3 Å². The van der Waals surface area contributed by atoms with Gasteiger partial charge in [-0.05, 0) is 56.8 Å². The van der Waals surface area contributed by atoms with E-state index >= 15 is 0 Å². The van der Waals surface area contributed by atoms with E-state index < -0.39 is 0 Å². The van der Waals surface area contributed by atoms with Crippen LogP contribution in [-0.2, 0) is 6.54 Å². The van der Waals surface area contributed by atoms with Crippen molar-refractivity contribution in [3.05, 3.63) is 58.5 Å². The van der Waals surface area contributed by atoms with Crippen molar-refractivity contribution in [3.8, 4) is 0 Å². The van der Waals surface area contributed by atoms with Crippen LogP contribution in [0.4, 0.5) is 0 Å². The molecular formula is C20H26N2O2. The van der Waals surface area contributed by atoms with Crippen LogP contribution in [0.5, 0.6) is 0 Å². The molecule has 24 heavy (non-hydrogen) atoms. The zero-order valence-electron chi connectivity index (χ0n) is 14.8. The van der Waals surface area contributed by atoms with E-state index in [0.717, 1.165) is 31.6 Å². The Hall–Kier alpha value is -2.07. The Morgan fingerprint density at radius 3 is 2.83 bits per heavy atom. The lowest BCUT2D eigenvalue weighted by atomic mass is 10.1. The summed E-state index contributed by atoms with van der Waals surface area (Å²) in [6.07, 6.45) is 2.69. The number of likely N-dealkylation sites (tertiary alicyclic amines) is 1. The molecule has 0 unspecified atom stereocenters. The van der Waals surface area contributed by atoms with Crippen molar-refractivity contribution in [2.75, 3.05) is 19.6 Å². The van der Waals surface area contributed by atoms with E-state index in [0.29, 0.717) is 18.2 Å². The molecule has 1 N–H and O–H groups in total. The second kappa shape index (κ2) is 7.22. The first kappa shape index (κ1) is 16.8. The Labute approximate surface area is 143 Å². The average molecular weight is 326 g/mol. The zero-order valence-corrected chi connectivity index (χ0v) is 14.8. The Morgan fingerprint density at radius 2 is 2.08 bits per heavy atom. The van der Waals surface area contributed by atoms with Crippen molar-refractivity contribution in [2.24, 2.45) is 5.92 Å². The summed E-state index contributed by atoms with van der Waals surface area (Å²) < 4.78 is 5.24. The van der Waals surface area contributed by atoms with Gasteiger partial charge in [0.2, 0.25) is 0 Å². The van der Waals surface area contributed by atoms with Crippen molar-refractivity contribution in [1.29, 1.82) is 0 Å². The number of nitrogens with zero attached hydrogens (tertiary/aromatic N) is 1. The first-order valence-corrected chi connectivity index (χ1v) is 8.63. The molecule has 2 aromatic rings. The molecule has 0 bridgehead atoms. The van der Waals surface area contributed by atoms with Gasteiger partial charge in [-0.25, -0.2) is 0 Å². The van der Waals surface area contributed by atoms with E-state index in [1.165, 1.54) is 16.7 Å². The minimum Gasteiger partial charge on any atom is -0.459 e. The van der Waals surface area contributed by atoms with Gasteiger partial charge < -0.3 is 9.73 Å². The molecule has 1 aromatic heterocycles. The monoisotopic (exact) mass is 326 g/mol. The molecule has 0 saturated carbocycles. The van der Waals surface area contributed by atoms with Crippen LogP contribution in [0, 0.1) is 26.7 Å². The van der Waals surface area contributed by atoms with Gasteiger partial charge in [-0.15, -0.1) is 0 Å². The van der Waals surface area contributed by atoms with E-state index in [9.17, 15) is 4.79 Å². The molecule has 0 spiro atoms. The van der Waals surface area contributed by atoms with Gasteiger partial charge >= 0.3 is 0 Å². The number of benzene rings is 1. The van der Waals surface area contributed by atoms with Gasteiger partial charge in [0.05, 0.1) is 6.26 Å². The quantitative estimate of drug-likeness (QED) is 0.915. The fourth-order valence-electron chi connectivity index (χ4n) is 3.36. The van der Waals surface area contributed by atoms with Crippen molar-refractivity contribution < 1.29 is 9.21 Å². The molecule has 1 aromatic carbocycles. The third-order valence-electron chi connectivity index (χ3n) is 4.89. The fourth-order valence-corrected chi connectivity index (χ4v) is 3.36. The van der Waals surface area contributed by atoms with Crippen LogP contribution in [0.1, 0.15) is 39.2 Å². The molecule has 3 rings (SSSR count). The highest BCUT2D eigenvalue weighted by Gasteiger charge is 2.24. The predicted octanol–water partition coefficient (Wildman–Crippen LogP) is 3.46. The molecule has 1 aliphatic heterocycles. The van der Waals surface area contributed by atoms with Gasteiger partial charge in [0.1, 0.15) is 0 Å². The van der Waals surface area contributed by atoms with Gasteiger partial charge in [0.25, 0.3) is 5.91 Å². The van der Waals surface area contributed by atoms with Gasteiger partial charge in [0, 0.05) is 25.2 Å². The Kier molecular flexibility index (Phi) is 5.05. The van der Waals surface area contributed by atoms with Crippen LogP contribution >= 0.6 is 0 Å². The second-order valence-corrected chi connectivity index (χ2v) is 6.96. The summed E-state index contributed by atoms with van der Waals surface area (Å²) in [5.74, 6) is 0.833. The highest BCUT2D eigenvalue weighted by atomic mass is 16.3. The van der Waals surface area contributed by atoms with Crippen molar-refractivity contribution in [1.82, 2.24) is 10.2 Å². The summed E-state index contributed by atoms with van der Waals surface area (Å²) in [5, 5.41) is 3.01. The van der Waals surface area contributed by atoms with Crippen LogP contribution in [-0.4, -0.2) is 30.4 Å². The number of hydrogen-bond donors (Lipinski definition) is 1. The summed E-state index contributed by atoms with van der Waals surface area (Å²) in [6.45, 7) is 10.0. The minimum absolute atomic E-state index is 0.106. The Morgan fingerprint density at radius 1 is 1.25 bits per heavy atom. The number of amides is 1. The SMILES string of the molecule is Cc1ccc(C)c(CN2CC[C@H](CNC(=O)c3occc3C)C2)c1. The zero-order chi connectivity index (χ0) is 17.1. The highest BCUT2D eigenvalue weighted by molar-refractivity contribution is 5.92. The Balaban J connectivity index is 1.50. The molecule has 0 radical (unpaired) electrons. The lowest BCUT2D eigenvalue weighted by Gasteiger charge is -2.18. The first-order valence-electron chi connectivity index (χ1n) is 8.63. The maximum absolute atomic E-state index is 12.1. The average Bonchev–Trinajstić information content (AvgIpc) is 3.17. The molecule has 0 aliphatic carbocycles. The predicted molar refractivity (Wildman–Crippen MR) is 95.1 cm³/mol. The number of furan rings is 1. The van der Waals surface area contributed by atoms with Gasteiger partial charge in [-0.3, -0.25) is 9.69 Å². The number of hydrogen-bond acceptors (Lipinski definition) is 3. The normalized spacial score (nSPS) is 18.0. The van der Waals surface area contributed by atoms with Crippen molar-refractivity contribution in [3.63, 3.8) is 0 Å². The largest absolute Gasteiger partial charge is 0.459 e. The molecule has 128 valence electrons. The standard InChI is InChI=1S/C20H26N2O2/c1-14-4-5-15(2)18(10-14)13-22-8-6-17(12-22)11-21-20(23)19-16(3)7-9-24-19/h4-5,7,9-10,17H,6,8,11-13H2,1-3H3,(H,21,23)/t17-/m1/s1. The molecule has 1 atom stereocenters. The summed E-state index contributed by atoms with van der Waals surface area (Å²) in [6, 6.07) is 8.46. The molecule has 4 heteroatoms. The van der Waals surface area contributed by atoms with Gasteiger partial charge in [0.15, 0.2) is 5.76 Å². The van der Waals surface area contributed by atoms with E-state index in [1.54, 1.807) is 6.26 Å². The second-order valence-electron chi connectivity index (χ2n) is 6.96. The third-order valence-corrected chi connectivity index (χ3v) is 4.89. The third kappa shape index (κ3) is 3.88. The summed E-state index contributed by atoms with van der Waals surface area (Å²) in [7, 11) is 0. The lowest BCUT2D eigenvalue weighted by Crippen LogP contribution is -2.31. The number of carbonyl (C=O) groups excluding carboxylic acids is 1. The van der Waals surface area contributed by atoms with Gasteiger partial charge in [-0.2, -0.15) is 0 Å². The Bertz CT molecular complexity index is 720. The van der Waals surface area contributed by atoms with E-state index in [1.807, 2.05) is 13.0 Å². The maximum atomic E-state index is 12.1. The summed E-state index contributed by atoms with van der Waals surface area (Å²) in [5.41, 5.74) is 4.96. The smallest absolute Gasteiger partial charge is 0.287 e. The van der Waals surface area contributed by atoms with Crippen LogP contribution in [0.2, 0.25) is 0 Å². The van der Waals surface area contributed by atoms with Crippen molar-refractivity contribution >= 4 is 5.91 Å². The maximum Gasteiger partial charge on any atom is 0.287 e. The molecule has 4 nitrogen and oxygen atoms in total. The molecule has 2 heterocycles. The van der Waals surface area contributed by atoms with E-state index in [-0.39, 0.29) is 5.91 Å². The number of rotatable bonds is 5. The molecule has 1 saturated heterocycles. The topological polar surface area (TPSA) is 45.5 Å². The molecule has 1 fully saturated rings. The minimum atomic E-state index is -0.106. The van der Waals surface area contributed by atoms with Crippen molar-refractivity contribution in [2.45, 2.75) is 33.7 Å². The van der Waals surface area contributed by atoms with Crippen LogP contribution in [0.25, 0.3) is 0 Å². The lowest BCUT2D eigenvalue weighted by molar-refractivity contribution is 0.0918. The highest BCUT2D eigenvalue weighted by Crippen LogP contribution is 2.20. The molecule has 1 amide bonds. The first-order chi connectivity index (χ1) is 11.5. The van der Waals surface area contributed by atoms with Crippen LogP contribution in [0.3, 0.4) is 0 Å². The van der Waals surface area contributed by atoms with Gasteiger partial charge in [-0.1, -0.05) is 23.8 Å². The number of aryl methyl sites for hydroxylation is 3. The molecule has 1 aliphatic rings. The summed E-state index contributed by atoms with van der Waals surface area (Å²) >= 11 is 0. The number of nitrogens with one attached hydrogen (secondary N) is 1. The van der Waals surface area contributed by atoms with E-state index in [4.69, 9.17) is 4.42 Å². The van der Waals surface area contributed by atoms with Crippen LogP contribution < -0.4 is 5.32 Å². The molecular weight excluding hydrogens is 300 g/mol. The summed E-state index contributed by atoms with van der Waals surface area (Å²) in [4.78, 5) is 14.6. The fraction of sp³-hybridized carbons (Fsp3) is 0.450. The van der Waals surface area contributed by atoms with Crippen LogP contribution in [0.15, 0.2) is 34.9 Å². The number of carbonyl (C=O) groups is 1.